The van der Waals surface area contributed by atoms with Gasteiger partial charge in [0, 0.05) is 13.2 Å². The molecule has 4 rings (SSSR count). The third-order valence-corrected chi connectivity index (χ3v) is 6.60. The van der Waals surface area contributed by atoms with Gasteiger partial charge in [-0.25, -0.2) is 23.1 Å². The molecule has 0 atom stereocenters. The van der Waals surface area contributed by atoms with Crippen molar-refractivity contribution < 1.29 is 21.6 Å². The lowest BCUT2D eigenvalue weighted by atomic mass is 10.2. The van der Waals surface area contributed by atoms with Crippen LogP contribution in [0.25, 0.3) is 28.7 Å². The number of nitrogens with zero attached hydrogens (tertiary/aromatic N) is 8. The number of sulfone groups is 1. The summed E-state index contributed by atoms with van der Waals surface area (Å²) < 4.78 is 67.5. The summed E-state index contributed by atoms with van der Waals surface area (Å²) in [7, 11) is -2.33. The molecular weight excluding hydrogens is 485 g/mol. The van der Waals surface area contributed by atoms with Crippen molar-refractivity contribution in [1.82, 2.24) is 39.5 Å². The van der Waals surface area contributed by atoms with Crippen LogP contribution in [0.2, 0.25) is 5.28 Å². The van der Waals surface area contributed by atoms with Gasteiger partial charge in [-0.2, -0.15) is 13.2 Å². The zero-order chi connectivity index (χ0) is 24.0. The molecule has 0 amide bonds. The Morgan fingerprint density at radius 2 is 1.82 bits per heavy atom. The third-order valence-electron chi connectivity index (χ3n) is 4.68. The third kappa shape index (κ3) is 4.30. The first-order valence-electron chi connectivity index (χ1n) is 9.25. The van der Waals surface area contributed by atoms with E-state index in [4.69, 9.17) is 11.6 Å². The molecule has 0 aliphatic carbocycles. The van der Waals surface area contributed by atoms with Crippen LogP contribution in [0.5, 0.6) is 0 Å². The predicted octanol–water partition coefficient (Wildman–Crippen LogP) is 2.99. The van der Waals surface area contributed by atoms with Crippen LogP contribution in [0.1, 0.15) is 12.5 Å². The number of halogens is 4. The van der Waals surface area contributed by atoms with Gasteiger partial charge in [0.05, 0.1) is 28.1 Å². The number of hydrogen-bond donors (Lipinski definition) is 0. The molecule has 15 heteroatoms. The lowest BCUT2D eigenvalue weighted by Gasteiger charge is -2.11. The highest BCUT2D eigenvalue weighted by molar-refractivity contribution is 7.91. The van der Waals surface area contributed by atoms with Crippen LogP contribution >= 0.6 is 11.6 Å². The smallest absolute Gasteiger partial charge is 0.307 e. The van der Waals surface area contributed by atoms with E-state index in [1.165, 1.54) is 41.8 Å². The van der Waals surface area contributed by atoms with Crippen molar-refractivity contribution in [2.75, 3.05) is 5.75 Å². The number of alkyl halides is 3. The van der Waals surface area contributed by atoms with E-state index in [9.17, 15) is 21.6 Å². The van der Waals surface area contributed by atoms with Crippen molar-refractivity contribution in [3.63, 3.8) is 0 Å². The summed E-state index contributed by atoms with van der Waals surface area (Å²) in [4.78, 5) is 11.8. The molecule has 0 aliphatic heterocycles. The van der Waals surface area contributed by atoms with E-state index in [1.807, 2.05) is 0 Å². The van der Waals surface area contributed by atoms with Crippen LogP contribution in [0.4, 0.5) is 13.2 Å². The molecule has 0 aliphatic rings. The van der Waals surface area contributed by atoms with Gasteiger partial charge in [-0.15, -0.1) is 15.3 Å². The summed E-state index contributed by atoms with van der Waals surface area (Å²) in [6, 6.07) is 3.01. The Morgan fingerprint density at radius 1 is 1.09 bits per heavy atom. The SMILES string of the molecule is CCS(=O)(=O)c1cc(-n2cnc(Cl)n2)cnc1-c1nnc(-c2cc(C(F)(F)F)ccn2)n1C. The molecule has 172 valence electrons. The maximum atomic E-state index is 13.1. The van der Waals surface area contributed by atoms with Crippen LogP contribution in [0, 0.1) is 0 Å². The fourth-order valence-electron chi connectivity index (χ4n) is 2.97. The van der Waals surface area contributed by atoms with Crippen LogP contribution in [0.15, 0.2) is 41.8 Å². The minimum Gasteiger partial charge on any atom is -0.307 e. The zero-order valence-electron chi connectivity index (χ0n) is 17.0. The fraction of sp³-hybridized carbons (Fsp3) is 0.222. The van der Waals surface area contributed by atoms with Gasteiger partial charge in [0.1, 0.15) is 17.7 Å². The summed E-state index contributed by atoms with van der Waals surface area (Å²) in [6.45, 7) is 1.47. The first kappa shape index (κ1) is 22.8. The second-order valence-corrected chi connectivity index (χ2v) is 9.32. The normalized spacial score (nSPS) is 12.3. The van der Waals surface area contributed by atoms with Crippen molar-refractivity contribution in [1.29, 1.82) is 0 Å². The molecule has 0 unspecified atom stereocenters. The Morgan fingerprint density at radius 3 is 2.45 bits per heavy atom. The van der Waals surface area contributed by atoms with E-state index in [0.717, 1.165) is 18.3 Å². The lowest BCUT2D eigenvalue weighted by Crippen LogP contribution is -2.11. The van der Waals surface area contributed by atoms with E-state index in [2.05, 4.69) is 30.2 Å². The van der Waals surface area contributed by atoms with E-state index >= 15 is 0 Å². The molecule has 33 heavy (non-hydrogen) atoms. The molecule has 4 aromatic heterocycles. The average molecular weight is 499 g/mol. The largest absolute Gasteiger partial charge is 0.416 e. The average Bonchev–Trinajstić information content (AvgIpc) is 3.38. The van der Waals surface area contributed by atoms with Crippen LogP contribution < -0.4 is 0 Å². The highest BCUT2D eigenvalue weighted by Crippen LogP contribution is 2.32. The molecule has 0 N–H and O–H groups in total. The Kier molecular flexibility index (Phi) is 5.66. The van der Waals surface area contributed by atoms with Gasteiger partial charge >= 0.3 is 6.18 Å². The van der Waals surface area contributed by atoms with Crippen molar-refractivity contribution in [3.05, 3.63) is 47.8 Å². The molecule has 4 heterocycles. The molecule has 10 nitrogen and oxygen atoms in total. The standard InChI is InChI=1S/C18H14ClF3N8O2S/c1-3-33(31,32)13-7-11(30-9-25-17(19)28-30)8-24-14(13)16-27-26-15(29(16)2)12-6-10(4-5-23-12)18(20,21)22/h4-9H,3H2,1-2H3. The van der Waals surface area contributed by atoms with Gasteiger partial charge in [0.15, 0.2) is 21.5 Å². The van der Waals surface area contributed by atoms with Crippen LogP contribution in [0.3, 0.4) is 0 Å². The number of aromatic nitrogens is 8. The van der Waals surface area contributed by atoms with E-state index in [-0.39, 0.29) is 44.7 Å². The second kappa shape index (κ2) is 8.19. The quantitative estimate of drug-likeness (QED) is 0.411. The maximum absolute atomic E-state index is 13.1. The second-order valence-electron chi connectivity index (χ2n) is 6.74. The van der Waals surface area contributed by atoms with Gasteiger partial charge in [-0.1, -0.05) is 6.92 Å². The summed E-state index contributed by atoms with van der Waals surface area (Å²) >= 11 is 5.74. The van der Waals surface area contributed by atoms with Gasteiger partial charge in [0.2, 0.25) is 5.28 Å². The van der Waals surface area contributed by atoms with Crippen LogP contribution in [-0.2, 0) is 23.1 Å². The summed E-state index contributed by atoms with van der Waals surface area (Å²) in [5.74, 6) is -0.201. The summed E-state index contributed by atoms with van der Waals surface area (Å²) in [5, 5.41) is 11.8. The minimum absolute atomic E-state index is 0.00452. The monoisotopic (exact) mass is 498 g/mol. The number of pyridine rings is 2. The molecule has 0 radical (unpaired) electrons. The lowest BCUT2D eigenvalue weighted by molar-refractivity contribution is -0.137. The van der Waals surface area contributed by atoms with Gasteiger partial charge < -0.3 is 4.57 Å². The zero-order valence-corrected chi connectivity index (χ0v) is 18.6. The molecule has 4 aromatic rings. The van der Waals surface area contributed by atoms with Crippen molar-refractivity contribution in [2.24, 2.45) is 7.05 Å². The molecule has 0 bridgehead atoms. The van der Waals surface area contributed by atoms with Crippen molar-refractivity contribution >= 4 is 21.4 Å². The Hall–Kier alpha value is -3.39. The molecule has 0 fully saturated rings. The Bertz CT molecular complexity index is 1450. The highest BCUT2D eigenvalue weighted by Gasteiger charge is 2.31. The number of hydrogen-bond acceptors (Lipinski definition) is 8. The molecule has 0 saturated heterocycles. The first-order valence-corrected chi connectivity index (χ1v) is 11.3. The van der Waals surface area contributed by atoms with Crippen molar-refractivity contribution in [2.45, 2.75) is 18.0 Å². The van der Waals surface area contributed by atoms with Gasteiger partial charge in [-0.05, 0) is 29.8 Å². The molecule has 0 saturated carbocycles. The molecule has 0 spiro atoms. The molecular formula is C18H14ClF3N8O2S. The highest BCUT2D eigenvalue weighted by atomic mass is 35.5. The van der Waals surface area contributed by atoms with Crippen LogP contribution in [-0.4, -0.2) is 53.7 Å². The minimum atomic E-state index is -4.57. The van der Waals surface area contributed by atoms with Gasteiger partial charge in [-0.3, -0.25) is 4.98 Å². The Labute approximate surface area is 190 Å². The number of rotatable bonds is 5. The summed E-state index contributed by atoms with van der Waals surface area (Å²) in [6.07, 6.45) is -0.925. The predicted molar refractivity (Wildman–Crippen MR) is 110 cm³/mol. The van der Waals surface area contributed by atoms with E-state index in [0.29, 0.717) is 0 Å². The van der Waals surface area contributed by atoms with Gasteiger partial charge in [0.25, 0.3) is 0 Å². The topological polar surface area (TPSA) is 121 Å². The molecule has 0 aromatic carbocycles. The Balaban J connectivity index is 1.86. The maximum Gasteiger partial charge on any atom is 0.416 e. The van der Waals surface area contributed by atoms with Crippen molar-refractivity contribution in [3.8, 4) is 28.7 Å². The fourth-order valence-corrected chi connectivity index (χ4v) is 4.15. The first-order chi connectivity index (χ1) is 15.5. The van der Waals surface area contributed by atoms with E-state index in [1.54, 1.807) is 0 Å². The van der Waals surface area contributed by atoms with E-state index < -0.39 is 21.6 Å². The summed E-state index contributed by atoms with van der Waals surface area (Å²) in [5.41, 5.74) is -0.729.